The second-order valence-electron chi connectivity index (χ2n) is 6.28. The van der Waals surface area contributed by atoms with Crippen LogP contribution in [0.25, 0.3) is 0 Å². The number of ether oxygens (including phenoxy) is 1. The molecule has 12 heteroatoms. The van der Waals surface area contributed by atoms with Gasteiger partial charge >= 0.3 is 5.97 Å². The lowest BCUT2D eigenvalue weighted by Crippen LogP contribution is -2.30. The smallest absolute Gasteiger partial charge is 0.340 e. The summed E-state index contributed by atoms with van der Waals surface area (Å²) < 4.78 is 50.5. The summed E-state index contributed by atoms with van der Waals surface area (Å²) in [6.07, 6.45) is 1.40. The van der Waals surface area contributed by atoms with Gasteiger partial charge in [-0.25, -0.2) is 26.8 Å². The highest BCUT2D eigenvalue weighted by Gasteiger charge is 2.17. The average Bonchev–Trinajstić information content (AvgIpc) is 2.65. The molecular weight excluding hydrogens is 456 g/mol. The standard InChI is InChI=1S/C18H19ClN2O7S2/c1-29(24,25)14-6-7-16(19)15(10-14)18(23)28-11-17(22)21-9-8-12-2-4-13(5-3-12)30(20,26)27/h2-7,10H,8-9,11H2,1H3,(H,21,22)(H2,20,26,27). The fourth-order valence-corrected chi connectivity index (χ4v) is 3.70. The van der Waals surface area contributed by atoms with Crippen molar-refractivity contribution in [1.29, 1.82) is 0 Å². The zero-order valence-corrected chi connectivity index (χ0v) is 18.2. The number of nitrogens with two attached hydrogens (primary N) is 1. The van der Waals surface area contributed by atoms with Crippen LogP contribution in [0.4, 0.5) is 0 Å². The Morgan fingerprint density at radius 2 is 1.63 bits per heavy atom. The molecule has 0 aromatic heterocycles. The van der Waals surface area contributed by atoms with Gasteiger partial charge in [-0.15, -0.1) is 0 Å². The SMILES string of the molecule is CS(=O)(=O)c1ccc(Cl)c(C(=O)OCC(=O)NCCc2ccc(S(N)(=O)=O)cc2)c1. The summed E-state index contributed by atoms with van der Waals surface area (Å²) in [5.41, 5.74) is 0.603. The van der Waals surface area contributed by atoms with Crippen LogP contribution in [-0.2, 0) is 35.8 Å². The normalized spacial score (nSPS) is 11.7. The lowest BCUT2D eigenvalue weighted by Gasteiger charge is -2.09. The van der Waals surface area contributed by atoms with Gasteiger partial charge in [-0.1, -0.05) is 23.7 Å². The summed E-state index contributed by atoms with van der Waals surface area (Å²) >= 11 is 5.91. The first-order valence-corrected chi connectivity index (χ1v) is 12.2. The molecule has 2 aromatic rings. The molecule has 0 fully saturated rings. The summed E-state index contributed by atoms with van der Waals surface area (Å²) in [6.45, 7) is -0.363. The summed E-state index contributed by atoms with van der Waals surface area (Å²) in [5.74, 6) is -1.50. The van der Waals surface area contributed by atoms with E-state index in [1.165, 1.54) is 24.3 Å². The number of hydrogen-bond acceptors (Lipinski definition) is 7. The molecule has 3 N–H and O–H groups in total. The van der Waals surface area contributed by atoms with Gasteiger partial charge in [0.2, 0.25) is 10.0 Å². The number of sulfone groups is 1. The van der Waals surface area contributed by atoms with E-state index in [0.29, 0.717) is 6.42 Å². The lowest BCUT2D eigenvalue weighted by atomic mass is 10.1. The van der Waals surface area contributed by atoms with E-state index in [0.717, 1.165) is 17.9 Å². The maximum absolute atomic E-state index is 12.1. The topological polar surface area (TPSA) is 150 Å². The van der Waals surface area contributed by atoms with Crippen LogP contribution in [0.2, 0.25) is 5.02 Å². The van der Waals surface area contributed by atoms with E-state index in [1.54, 1.807) is 12.1 Å². The first kappa shape index (κ1) is 23.8. The summed E-state index contributed by atoms with van der Waals surface area (Å²) in [4.78, 5) is 23.9. The van der Waals surface area contributed by atoms with Crippen molar-refractivity contribution in [1.82, 2.24) is 5.32 Å². The second kappa shape index (κ2) is 9.56. The molecular formula is C18H19ClN2O7S2. The lowest BCUT2D eigenvalue weighted by molar-refractivity contribution is -0.124. The summed E-state index contributed by atoms with van der Waals surface area (Å²) in [5, 5.41) is 7.56. The molecule has 2 aromatic carbocycles. The predicted molar refractivity (Wildman–Crippen MR) is 109 cm³/mol. The molecule has 0 aliphatic heterocycles. The van der Waals surface area contributed by atoms with E-state index in [2.05, 4.69) is 5.32 Å². The van der Waals surface area contributed by atoms with Crippen molar-refractivity contribution >= 4 is 43.3 Å². The van der Waals surface area contributed by atoms with Gasteiger partial charge in [0.15, 0.2) is 16.4 Å². The Labute approximate surface area is 179 Å². The zero-order valence-electron chi connectivity index (χ0n) is 15.8. The molecule has 0 aliphatic carbocycles. The van der Waals surface area contributed by atoms with Gasteiger partial charge in [-0.05, 0) is 42.3 Å². The molecule has 9 nitrogen and oxygen atoms in total. The van der Waals surface area contributed by atoms with Crippen LogP contribution in [0.3, 0.4) is 0 Å². The fourth-order valence-electron chi connectivity index (χ4n) is 2.34. The van der Waals surface area contributed by atoms with Crippen molar-refractivity contribution in [2.75, 3.05) is 19.4 Å². The molecule has 0 heterocycles. The molecule has 0 aliphatic rings. The van der Waals surface area contributed by atoms with Gasteiger partial charge in [0, 0.05) is 12.8 Å². The third kappa shape index (κ3) is 6.80. The quantitative estimate of drug-likeness (QED) is 0.539. The second-order valence-corrected chi connectivity index (χ2v) is 10.3. The van der Waals surface area contributed by atoms with E-state index >= 15 is 0 Å². The first-order valence-electron chi connectivity index (χ1n) is 8.43. The van der Waals surface area contributed by atoms with Crippen LogP contribution < -0.4 is 10.5 Å². The number of benzene rings is 2. The van der Waals surface area contributed by atoms with E-state index in [9.17, 15) is 26.4 Å². The third-order valence-electron chi connectivity index (χ3n) is 3.91. The van der Waals surface area contributed by atoms with Gasteiger partial charge in [-0.3, -0.25) is 4.79 Å². The highest BCUT2D eigenvalue weighted by molar-refractivity contribution is 7.90. The fraction of sp³-hybridized carbons (Fsp3) is 0.222. The Kier molecular flexibility index (Phi) is 7.59. The van der Waals surface area contributed by atoms with E-state index < -0.39 is 38.3 Å². The van der Waals surface area contributed by atoms with Crippen molar-refractivity contribution in [3.8, 4) is 0 Å². The Bertz CT molecular complexity index is 1160. The number of carbonyl (C=O) groups is 2. The van der Waals surface area contributed by atoms with E-state index in [1.807, 2.05) is 0 Å². The van der Waals surface area contributed by atoms with Crippen molar-refractivity contribution in [3.05, 3.63) is 58.6 Å². The first-order chi connectivity index (χ1) is 13.9. The number of halogens is 1. The minimum atomic E-state index is -3.77. The summed E-state index contributed by atoms with van der Waals surface area (Å²) in [7, 11) is -7.31. The molecule has 0 saturated carbocycles. The molecule has 30 heavy (non-hydrogen) atoms. The van der Waals surface area contributed by atoms with Crippen LogP contribution in [-0.4, -0.2) is 48.1 Å². The molecule has 162 valence electrons. The molecule has 0 atom stereocenters. The minimum Gasteiger partial charge on any atom is -0.452 e. The molecule has 0 radical (unpaired) electrons. The highest BCUT2D eigenvalue weighted by Crippen LogP contribution is 2.21. The average molecular weight is 475 g/mol. The Morgan fingerprint density at radius 1 is 1.03 bits per heavy atom. The Hall–Kier alpha value is -2.47. The van der Waals surface area contributed by atoms with Crippen molar-refractivity contribution in [2.24, 2.45) is 5.14 Å². The van der Waals surface area contributed by atoms with Crippen LogP contribution in [0.15, 0.2) is 52.3 Å². The van der Waals surface area contributed by atoms with Crippen LogP contribution in [0.1, 0.15) is 15.9 Å². The van der Waals surface area contributed by atoms with Gasteiger partial charge in [0.1, 0.15) is 0 Å². The van der Waals surface area contributed by atoms with Crippen LogP contribution >= 0.6 is 11.6 Å². The molecule has 2 rings (SSSR count). The number of sulfonamides is 1. The number of hydrogen-bond donors (Lipinski definition) is 2. The third-order valence-corrected chi connectivity index (χ3v) is 6.28. The summed E-state index contributed by atoms with van der Waals surface area (Å²) in [6, 6.07) is 9.48. The number of primary sulfonamides is 1. The van der Waals surface area contributed by atoms with E-state index in [4.69, 9.17) is 21.5 Å². The Morgan fingerprint density at radius 3 is 2.20 bits per heavy atom. The number of esters is 1. The zero-order chi connectivity index (χ0) is 22.5. The highest BCUT2D eigenvalue weighted by atomic mass is 35.5. The minimum absolute atomic E-state index is 0.00394. The van der Waals surface area contributed by atoms with E-state index in [-0.39, 0.29) is 26.9 Å². The predicted octanol–water partition coefficient (Wildman–Crippen LogP) is 0.907. The van der Waals surface area contributed by atoms with Crippen LogP contribution in [0, 0.1) is 0 Å². The number of rotatable bonds is 8. The molecule has 0 unspecified atom stereocenters. The van der Waals surface area contributed by atoms with Gasteiger partial charge in [-0.2, -0.15) is 0 Å². The van der Waals surface area contributed by atoms with Gasteiger partial charge in [0.25, 0.3) is 5.91 Å². The molecule has 0 bridgehead atoms. The maximum Gasteiger partial charge on any atom is 0.340 e. The largest absolute Gasteiger partial charge is 0.452 e. The van der Waals surface area contributed by atoms with Gasteiger partial charge < -0.3 is 10.1 Å². The molecule has 1 amide bonds. The van der Waals surface area contributed by atoms with Crippen LogP contribution in [0.5, 0.6) is 0 Å². The van der Waals surface area contributed by atoms with Gasteiger partial charge in [0.05, 0.1) is 20.4 Å². The molecule has 0 saturated heterocycles. The van der Waals surface area contributed by atoms with Crippen molar-refractivity contribution < 1.29 is 31.2 Å². The maximum atomic E-state index is 12.1. The molecule has 0 spiro atoms. The number of amides is 1. The Balaban J connectivity index is 1.86. The number of carbonyl (C=O) groups excluding carboxylic acids is 2. The number of nitrogens with one attached hydrogen (secondary N) is 1. The van der Waals surface area contributed by atoms with Crippen molar-refractivity contribution in [2.45, 2.75) is 16.2 Å². The monoisotopic (exact) mass is 474 g/mol. The van der Waals surface area contributed by atoms with Crippen molar-refractivity contribution in [3.63, 3.8) is 0 Å².